The highest BCUT2D eigenvalue weighted by Crippen LogP contribution is 2.22. The predicted molar refractivity (Wildman–Crippen MR) is 117 cm³/mol. The normalized spacial score (nSPS) is 12.3. The molecule has 0 aliphatic carbocycles. The van der Waals surface area contributed by atoms with E-state index in [0.717, 1.165) is 46.8 Å². The summed E-state index contributed by atoms with van der Waals surface area (Å²) in [7, 11) is -3.73. The molecule has 0 aromatic heterocycles. The van der Waals surface area contributed by atoms with Crippen LogP contribution in [0.5, 0.6) is 5.75 Å². The van der Waals surface area contributed by atoms with Gasteiger partial charge in [-0.2, -0.15) is 0 Å². The molecule has 1 N–H and O–H groups in total. The number of hydrogen-bond acceptors (Lipinski definition) is 4. The Balaban J connectivity index is 1.96. The van der Waals surface area contributed by atoms with Crippen LogP contribution in [0.15, 0.2) is 48.5 Å². The Bertz CT molecular complexity index is 932. The number of anilines is 1. The van der Waals surface area contributed by atoms with Gasteiger partial charge in [0, 0.05) is 6.54 Å². The van der Waals surface area contributed by atoms with Crippen LogP contribution in [0.25, 0.3) is 0 Å². The number of halogens is 1. The smallest absolute Gasteiger partial charge is 0.243 e. The van der Waals surface area contributed by atoms with Crippen LogP contribution in [0.4, 0.5) is 10.1 Å². The molecule has 2 rings (SSSR count). The van der Waals surface area contributed by atoms with Crippen molar-refractivity contribution >= 4 is 21.6 Å². The Kier molecular flexibility index (Phi) is 8.65. The van der Waals surface area contributed by atoms with Crippen LogP contribution in [0.2, 0.25) is 0 Å². The molecule has 164 valence electrons. The van der Waals surface area contributed by atoms with Crippen molar-refractivity contribution in [3.8, 4) is 5.75 Å². The van der Waals surface area contributed by atoms with E-state index in [-0.39, 0.29) is 5.69 Å². The fourth-order valence-electron chi connectivity index (χ4n) is 3.10. The first-order valence-electron chi connectivity index (χ1n) is 9.97. The monoisotopic (exact) mass is 436 g/mol. The highest BCUT2D eigenvalue weighted by atomic mass is 32.2. The summed E-state index contributed by atoms with van der Waals surface area (Å²) in [5.74, 6) is -0.0497. The van der Waals surface area contributed by atoms with Gasteiger partial charge in [-0.05, 0) is 62.1 Å². The molecular formula is C22H29FN2O4S. The first kappa shape index (κ1) is 23.7. The number of nitrogens with zero attached hydrogens (tertiary/aromatic N) is 1. The second kappa shape index (κ2) is 11.0. The van der Waals surface area contributed by atoms with E-state index in [1.807, 2.05) is 31.2 Å². The van der Waals surface area contributed by atoms with E-state index in [0.29, 0.717) is 19.6 Å². The fraction of sp³-hybridized carbons (Fsp3) is 0.409. The van der Waals surface area contributed by atoms with Gasteiger partial charge in [-0.1, -0.05) is 25.1 Å². The topological polar surface area (TPSA) is 75.7 Å². The first-order valence-corrected chi connectivity index (χ1v) is 11.8. The highest BCUT2D eigenvalue weighted by molar-refractivity contribution is 7.92. The zero-order chi connectivity index (χ0) is 22.1. The van der Waals surface area contributed by atoms with Gasteiger partial charge in [0.05, 0.1) is 18.6 Å². The van der Waals surface area contributed by atoms with Crippen LogP contribution in [-0.4, -0.2) is 39.8 Å². The molecular weight excluding hydrogens is 407 g/mol. The third-order valence-corrected chi connectivity index (χ3v) is 5.77. The summed E-state index contributed by atoms with van der Waals surface area (Å²) >= 11 is 0. The first-order chi connectivity index (χ1) is 14.2. The van der Waals surface area contributed by atoms with E-state index >= 15 is 0 Å². The minimum Gasteiger partial charge on any atom is -0.493 e. The van der Waals surface area contributed by atoms with Crippen molar-refractivity contribution in [1.29, 1.82) is 0 Å². The van der Waals surface area contributed by atoms with E-state index in [4.69, 9.17) is 4.74 Å². The number of nitrogens with one attached hydrogen (secondary N) is 1. The van der Waals surface area contributed by atoms with E-state index in [2.05, 4.69) is 5.32 Å². The van der Waals surface area contributed by atoms with Crippen molar-refractivity contribution in [2.75, 3.05) is 23.7 Å². The Morgan fingerprint density at radius 3 is 2.47 bits per heavy atom. The molecule has 1 amide bonds. The summed E-state index contributed by atoms with van der Waals surface area (Å²) in [4.78, 5) is 12.6. The molecule has 0 spiro atoms. The summed E-state index contributed by atoms with van der Waals surface area (Å²) < 4.78 is 44.4. The molecule has 2 aromatic carbocycles. The molecule has 0 bridgehead atoms. The summed E-state index contributed by atoms with van der Waals surface area (Å²) in [5.41, 5.74) is 1.31. The SMILES string of the molecule is CCCOc1ccccc1CCCNC(=O)[C@@H](C)N(c1ccc(F)cc1)S(C)(=O)=O. The average Bonchev–Trinajstić information content (AvgIpc) is 2.70. The van der Waals surface area contributed by atoms with Crippen molar-refractivity contribution in [3.63, 3.8) is 0 Å². The minimum absolute atomic E-state index is 0.239. The molecule has 1 atom stereocenters. The predicted octanol–water partition coefficient (Wildman–Crippen LogP) is 3.52. The molecule has 0 saturated carbocycles. The van der Waals surface area contributed by atoms with Gasteiger partial charge in [0.1, 0.15) is 17.6 Å². The van der Waals surface area contributed by atoms with Gasteiger partial charge >= 0.3 is 0 Å². The number of para-hydroxylation sites is 1. The molecule has 30 heavy (non-hydrogen) atoms. The Morgan fingerprint density at radius 1 is 1.17 bits per heavy atom. The number of sulfonamides is 1. The zero-order valence-electron chi connectivity index (χ0n) is 17.6. The summed E-state index contributed by atoms with van der Waals surface area (Å²) in [5, 5.41) is 2.79. The Labute approximate surface area is 178 Å². The van der Waals surface area contributed by atoms with Crippen molar-refractivity contribution in [2.24, 2.45) is 0 Å². The standard InChI is InChI=1S/C22H29FN2O4S/c1-4-16-29-21-10-6-5-8-18(21)9-7-15-24-22(26)17(2)25(30(3,27)28)20-13-11-19(23)12-14-20/h5-6,8,10-14,17H,4,7,9,15-16H2,1-3H3,(H,24,26)/t17-/m1/s1. The Hall–Kier alpha value is -2.61. The molecule has 8 heteroatoms. The molecule has 0 unspecified atom stereocenters. The second-order valence-electron chi connectivity index (χ2n) is 7.06. The van der Waals surface area contributed by atoms with Crippen molar-refractivity contribution in [2.45, 2.75) is 39.2 Å². The number of carbonyl (C=O) groups is 1. The maximum atomic E-state index is 13.2. The van der Waals surface area contributed by atoms with Crippen LogP contribution in [0.3, 0.4) is 0 Å². The number of hydrogen-bond donors (Lipinski definition) is 1. The lowest BCUT2D eigenvalue weighted by molar-refractivity contribution is -0.121. The van der Waals surface area contributed by atoms with Crippen molar-refractivity contribution in [3.05, 3.63) is 59.9 Å². The third-order valence-electron chi connectivity index (χ3n) is 4.53. The van der Waals surface area contributed by atoms with E-state index in [9.17, 15) is 17.6 Å². The molecule has 0 radical (unpaired) electrons. The van der Waals surface area contributed by atoms with Gasteiger partial charge in [0.2, 0.25) is 15.9 Å². The number of carbonyl (C=O) groups excluding carboxylic acids is 1. The van der Waals surface area contributed by atoms with Crippen LogP contribution in [-0.2, 0) is 21.2 Å². The number of ether oxygens (including phenoxy) is 1. The largest absolute Gasteiger partial charge is 0.493 e. The maximum absolute atomic E-state index is 13.2. The molecule has 0 aliphatic heterocycles. The number of amides is 1. The van der Waals surface area contributed by atoms with Crippen LogP contribution >= 0.6 is 0 Å². The lowest BCUT2D eigenvalue weighted by atomic mass is 10.1. The van der Waals surface area contributed by atoms with Crippen molar-refractivity contribution < 1.29 is 22.3 Å². The zero-order valence-corrected chi connectivity index (χ0v) is 18.4. The van der Waals surface area contributed by atoms with Gasteiger partial charge < -0.3 is 10.1 Å². The van der Waals surface area contributed by atoms with Crippen LogP contribution in [0.1, 0.15) is 32.3 Å². The summed E-state index contributed by atoms with van der Waals surface area (Å²) in [6, 6.07) is 11.8. The highest BCUT2D eigenvalue weighted by Gasteiger charge is 2.28. The fourth-order valence-corrected chi connectivity index (χ4v) is 4.27. The van der Waals surface area contributed by atoms with E-state index in [1.54, 1.807) is 0 Å². The third kappa shape index (κ3) is 6.73. The van der Waals surface area contributed by atoms with Gasteiger partial charge in [0.15, 0.2) is 0 Å². The molecule has 0 saturated heterocycles. The van der Waals surface area contributed by atoms with E-state index < -0.39 is 27.8 Å². The molecule has 2 aromatic rings. The Morgan fingerprint density at radius 2 is 1.83 bits per heavy atom. The quantitative estimate of drug-likeness (QED) is 0.547. The van der Waals surface area contributed by atoms with Crippen LogP contribution in [0, 0.1) is 5.82 Å². The number of rotatable bonds is 11. The van der Waals surface area contributed by atoms with Gasteiger partial charge in [-0.3, -0.25) is 9.10 Å². The molecule has 0 aliphatic rings. The number of aryl methyl sites for hydroxylation is 1. The van der Waals surface area contributed by atoms with Crippen LogP contribution < -0.4 is 14.4 Å². The lowest BCUT2D eigenvalue weighted by Crippen LogP contribution is -2.48. The van der Waals surface area contributed by atoms with Crippen molar-refractivity contribution in [1.82, 2.24) is 5.32 Å². The molecule has 6 nitrogen and oxygen atoms in total. The average molecular weight is 437 g/mol. The van der Waals surface area contributed by atoms with E-state index in [1.165, 1.54) is 19.1 Å². The minimum atomic E-state index is -3.73. The summed E-state index contributed by atoms with van der Waals surface area (Å²) in [6.07, 6.45) is 3.35. The summed E-state index contributed by atoms with van der Waals surface area (Å²) in [6.45, 7) is 4.60. The molecule has 0 heterocycles. The lowest BCUT2D eigenvalue weighted by Gasteiger charge is -2.28. The van der Waals surface area contributed by atoms with Gasteiger partial charge in [-0.15, -0.1) is 0 Å². The van der Waals surface area contributed by atoms with Gasteiger partial charge in [-0.25, -0.2) is 12.8 Å². The maximum Gasteiger partial charge on any atom is 0.243 e. The molecule has 0 fully saturated rings. The van der Waals surface area contributed by atoms with Gasteiger partial charge in [0.25, 0.3) is 0 Å². The second-order valence-corrected chi connectivity index (χ2v) is 8.92. The number of benzene rings is 2.